The predicted molar refractivity (Wildman–Crippen MR) is 84.7 cm³/mol. The Morgan fingerprint density at radius 3 is 2.57 bits per heavy atom. The second kappa shape index (κ2) is 5.42. The average molecular weight is 413 g/mol. The summed E-state index contributed by atoms with van der Waals surface area (Å²) in [6, 6.07) is 8.94. The monoisotopic (exact) mass is 411 g/mol. The van der Waals surface area contributed by atoms with Crippen molar-refractivity contribution in [2.45, 2.75) is 18.9 Å². The highest BCUT2D eigenvalue weighted by molar-refractivity contribution is 9.10. The van der Waals surface area contributed by atoms with Gasteiger partial charge in [0.05, 0.1) is 11.6 Å². The molecule has 2 heterocycles. The Morgan fingerprint density at radius 1 is 1.19 bits per heavy atom. The number of fused-ring (bicyclic) bond motifs is 1. The van der Waals surface area contributed by atoms with Crippen LogP contribution in [0.1, 0.15) is 34.1 Å². The SMILES string of the molecule is O=C(c1ccccc1Br)c1cc(Br)c2n1CCC2C(=O)O. The third-order valence-electron chi connectivity index (χ3n) is 3.71. The molecule has 1 aromatic carbocycles. The topological polar surface area (TPSA) is 59.3 Å². The van der Waals surface area contributed by atoms with Crippen molar-refractivity contribution in [1.29, 1.82) is 0 Å². The van der Waals surface area contributed by atoms with Crippen LogP contribution in [-0.2, 0) is 11.3 Å². The quantitative estimate of drug-likeness (QED) is 0.779. The van der Waals surface area contributed by atoms with Crippen LogP contribution < -0.4 is 0 Å². The number of halogens is 2. The molecule has 0 amide bonds. The number of rotatable bonds is 3. The van der Waals surface area contributed by atoms with Crippen molar-refractivity contribution in [3.8, 4) is 0 Å². The lowest BCUT2D eigenvalue weighted by molar-refractivity contribution is -0.138. The first-order valence-electron chi connectivity index (χ1n) is 6.41. The fourth-order valence-electron chi connectivity index (χ4n) is 2.73. The van der Waals surface area contributed by atoms with Crippen LogP contribution in [-0.4, -0.2) is 21.4 Å². The van der Waals surface area contributed by atoms with E-state index in [2.05, 4.69) is 31.9 Å². The zero-order valence-corrected chi connectivity index (χ0v) is 14.0. The molecule has 0 saturated carbocycles. The van der Waals surface area contributed by atoms with Crippen LogP contribution in [0.5, 0.6) is 0 Å². The number of benzene rings is 1. The lowest BCUT2D eigenvalue weighted by Crippen LogP contribution is -2.10. The zero-order valence-electron chi connectivity index (χ0n) is 10.8. The first-order valence-corrected chi connectivity index (χ1v) is 8.00. The Labute approximate surface area is 138 Å². The molecular formula is C15H11Br2NO3. The van der Waals surface area contributed by atoms with E-state index in [1.807, 2.05) is 16.7 Å². The molecule has 4 nitrogen and oxygen atoms in total. The summed E-state index contributed by atoms with van der Waals surface area (Å²) in [7, 11) is 0. The molecule has 1 unspecified atom stereocenters. The van der Waals surface area contributed by atoms with Crippen molar-refractivity contribution in [2.24, 2.45) is 0 Å². The maximum atomic E-state index is 12.7. The van der Waals surface area contributed by atoms with Crippen LogP contribution in [0, 0.1) is 0 Å². The number of hydrogen-bond donors (Lipinski definition) is 1. The first-order chi connectivity index (χ1) is 10.0. The second-order valence-corrected chi connectivity index (χ2v) is 6.61. The summed E-state index contributed by atoms with van der Waals surface area (Å²) >= 11 is 6.77. The van der Waals surface area contributed by atoms with Gasteiger partial charge in [0.25, 0.3) is 0 Å². The molecule has 1 aliphatic heterocycles. The smallest absolute Gasteiger partial charge is 0.312 e. The van der Waals surface area contributed by atoms with Gasteiger partial charge >= 0.3 is 5.97 Å². The van der Waals surface area contributed by atoms with Crippen molar-refractivity contribution in [3.63, 3.8) is 0 Å². The number of carbonyl (C=O) groups is 2. The third kappa shape index (κ3) is 2.36. The van der Waals surface area contributed by atoms with Gasteiger partial charge in [-0.2, -0.15) is 0 Å². The molecule has 3 rings (SSSR count). The Morgan fingerprint density at radius 2 is 1.90 bits per heavy atom. The minimum absolute atomic E-state index is 0.111. The minimum Gasteiger partial charge on any atom is -0.481 e. The molecule has 0 saturated heterocycles. The van der Waals surface area contributed by atoms with Gasteiger partial charge in [-0.15, -0.1) is 0 Å². The Kier molecular flexibility index (Phi) is 3.75. The van der Waals surface area contributed by atoms with Gasteiger partial charge < -0.3 is 9.67 Å². The Hall–Kier alpha value is -1.40. The highest BCUT2D eigenvalue weighted by atomic mass is 79.9. The van der Waals surface area contributed by atoms with Crippen LogP contribution >= 0.6 is 31.9 Å². The first kappa shape index (κ1) is 14.5. The molecule has 108 valence electrons. The van der Waals surface area contributed by atoms with E-state index < -0.39 is 11.9 Å². The van der Waals surface area contributed by atoms with E-state index >= 15 is 0 Å². The number of aromatic nitrogens is 1. The summed E-state index contributed by atoms with van der Waals surface area (Å²) in [6.45, 7) is 0.545. The summed E-state index contributed by atoms with van der Waals surface area (Å²) in [5.41, 5.74) is 1.77. The van der Waals surface area contributed by atoms with Gasteiger partial charge in [0.15, 0.2) is 0 Å². The molecule has 0 aliphatic carbocycles. The molecule has 0 bridgehead atoms. The lowest BCUT2D eigenvalue weighted by atomic mass is 10.1. The Balaban J connectivity index is 2.08. The number of aliphatic carboxylic acids is 1. The van der Waals surface area contributed by atoms with Crippen molar-refractivity contribution in [3.05, 3.63) is 56.2 Å². The van der Waals surface area contributed by atoms with Gasteiger partial charge in [-0.25, -0.2) is 0 Å². The summed E-state index contributed by atoms with van der Waals surface area (Å²) in [5, 5.41) is 9.27. The normalized spacial score (nSPS) is 16.8. The van der Waals surface area contributed by atoms with E-state index in [0.717, 1.165) is 4.47 Å². The number of ketones is 1. The van der Waals surface area contributed by atoms with Crippen molar-refractivity contribution >= 4 is 43.6 Å². The van der Waals surface area contributed by atoms with Gasteiger partial charge in [0, 0.05) is 26.7 Å². The average Bonchev–Trinajstić information content (AvgIpc) is 3.00. The number of carbonyl (C=O) groups excluding carboxylic acids is 1. The van der Waals surface area contributed by atoms with Crippen molar-refractivity contribution in [1.82, 2.24) is 4.57 Å². The zero-order chi connectivity index (χ0) is 15.1. The number of nitrogens with zero attached hydrogens (tertiary/aromatic N) is 1. The number of carboxylic acids is 1. The molecule has 0 spiro atoms. The molecule has 2 aromatic rings. The Bertz CT molecular complexity index is 751. The molecule has 0 fully saturated rings. The van der Waals surface area contributed by atoms with Crippen LogP contribution in [0.2, 0.25) is 0 Å². The fourth-order valence-corrected chi connectivity index (χ4v) is 3.90. The maximum absolute atomic E-state index is 12.7. The van der Waals surface area contributed by atoms with E-state index in [1.165, 1.54) is 0 Å². The molecular weight excluding hydrogens is 402 g/mol. The van der Waals surface area contributed by atoms with Gasteiger partial charge in [-0.05, 0) is 40.5 Å². The van der Waals surface area contributed by atoms with Crippen LogP contribution in [0.15, 0.2) is 39.3 Å². The molecule has 1 aliphatic rings. The summed E-state index contributed by atoms with van der Waals surface area (Å²) in [5.74, 6) is -1.52. The molecule has 1 atom stereocenters. The standard InChI is InChI=1S/C15H11Br2NO3/c16-10-4-2-1-3-8(10)14(19)12-7-11(17)13-9(15(20)21)5-6-18(12)13/h1-4,7,9H,5-6H2,(H,20,21). The molecule has 1 aromatic heterocycles. The molecule has 21 heavy (non-hydrogen) atoms. The van der Waals surface area contributed by atoms with Gasteiger partial charge in [-0.1, -0.05) is 28.1 Å². The predicted octanol–water partition coefficient (Wildman–Crippen LogP) is 3.82. The van der Waals surface area contributed by atoms with E-state index in [-0.39, 0.29) is 5.78 Å². The third-order valence-corrected chi connectivity index (χ3v) is 5.04. The van der Waals surface area contributed by atoms with E-state index in [4.69, 9.17) is 0 Å². The van der Waals surface area contributed by atoms with Gasteiger partial charge in [0.1, 0.15) is 0 Å². The van der Waals surface area contributed by atoms with Crippen LogP contribution in [0.3, 0.4) is 0 Å². The highest BCUT2D eigenvalue weighted by Crippen LogP contribution is 2.38. The van der Waals surface area contributed by atoms with Crippen molar-refractivity contribution < 1.29 is 14.7 Å². The number of hydrogen-bond acceptors (Lipinski definition) is 2. The number of carboxylic acid groups (broad SMARTS) is 1. The molecule has 0 radical (unpaired) electrons. The van der Waals surface area contributed by atoms with Gasteiger partial charge in [0.2, 0.25) is 5.78 Å². The van der Waals surface area contributed by atoms with E-state index in [1.54, 1.807) is 18.2 Å². The second-order valence-electron chi connectivity index (χ2n) is 4.90. The summed E-state index contributed by atoms with van der Waals surface area (Å²) < 4.78 is 3.22. The van der Waals surface area contributed by atoms with E-state index in [9.17, 15) is 14.7 Å². The lowest BCUT2D eigenvalue weighted by Gasteiger charge is -2.07. The molecule has 1 N–H and O–H groups in total. The summed E-state index contributed by atoms with van der Waals surface area (Å²) in [6.07, 6.45) is 0.514. The molecule has 6 heteroatoms. The van der Waals surface area contributed by atoms with Crippen LogP contribution in [0.25, 0.3) is 0 Å². The summed E-state index contributed by atoms with van der Waals surface area (Å²) in [4.78, 5) is 24.0. The van der Waals surface area contributed by atoms with Crippen molar-refractivity contribution in [2.75, 3.05) is 0 Å². The largest absolute Gasteiger partial charge is 0.481 e. The maximum Gasteiger partial charge on any atom is 0.312 e. The fraction of sp³-hybridized carbons (Fsp3) is 0.200. The highest BCUT2D eigenvalue weighted by Gasteiger charge is 2.34. The van der Waals surface area contributed by atoms with Gasteiger partial charge in [-0.3, -0.25) is 9.59 Å². The minimum atomic E-state index is -0.854. The van der Waals surface area contributed by atoms with E-state index in [0.29, 0.717) is 34.4 Å². The van der Waals surface area contributed by atoms with Crippen LogP contribution in [0.4, 0.5) is 0 Å².